The normalized spacial score (nSPS) is 11.9. The van der Waals surface area contributed by atoms with Crippen LogP contribution in [0.25, 0.3) is 144 Å². The van der Waals surface area contributed by atoms with Crippen molar-refractivity contribution in [2.75, 3.05) is 0 Å². The van der Waals surface area contributed by atoms with Crippen molar-refractivity contribution in [1.29, 1.82) is 0 Å². The first-order chi connectivity index (χ1) is 35.2. The van der Waals surface area contributed by atoms with Gasteiger partial charge in [-0.1, -0.05) is 176 Å². The van der Waals surface area contributed by atoms with E-state index in [1.807, 2.05) is 18.2 Å². The van der Waals surface area contributed by atoms with Gasteiger partial charge >= 0.3 is 0 Å². The van der Waals surface area contributed by atoms with E-state index >= 15 is 0 Å². The number of para-hydroxylation sites is 3. The molecule has 11 aromatic carbocycles. The molecular weight excluding hydrogens is 867 g/mol. The Hall–Kier alpha value is -9.65. The minimum Gasteiger partial charge on any atom is -0.456 e. The van der Waals surface area contributed by atoms with Crippen molar-refractivity contribution in [3.05, 3.63) is 237 Å². The molecule has 330 valence electrons. The molecule has 6 heteroatoms. The van der Waals surface area contributed by atoms with Crippen molar-refractivity contribution < 1.29 is 4.42 Å². The van der Waals surface area contributed by atoms with Crippen LogP contribution in [0.5, 0.6) is 0 Å². The number of fused-ring (bicyclic) bond motifs is 12. The highest BCUT2D eigenvalue weighted by atomic mass is 16.3. The second-order valence-electron chi connectivity index (χ2n) is 18.4. The Labute approximate surface area is 407 Å². The predicted molar refractivity (Wildman–Crippen MR) is 293 cm³/mol. The minimum atomic E-state index is 0.555. The van der Waals surface area contributed by atoms with Crippen molar-refractivity contribution in [3.63, 3.8) is 0 Å². The van der Waals surface area contributed by atoms with Crippen LogP contribution in [-0.4, -0.2) is 24.1 Å². The highest BCUT2D eigenvalue weighted by molar-refractivity contribution is 6.24. The molecule has 4 aromatic heterocycles. The van der Waals surface area contributed by atoms with Crippen molar-refractivity contribution in [2.45, 2.75) is 0 Å². The van der Waals surface area contributed by atoms with E-state index in [2.05, 4.69) is 228 Å². The maximum Gasteiger partial charge on any atom is 0.166 e. The van der Waals surface area contributed by atoms with Gasteiger partial charge in [0.2, 0.25) is 0 Å². The Balaban J connectivity index is 1.04. The van der Waals surface area contributed by atoms with Crippen LogP contribution in [0.4, 0.5) is 0 Å². The van der Waals surface area contributed by atoms with E-state index in [1.54, 1.807) is 0 Å². The second kappa shape index (κ2) is 15.4. The van der Waals surface area contributed by atoms with Crippen molar-refractivity contribution in [1.82, 2.24) is 24.1 Å². The lowest BCUT2D eigenvalue weighted by atomic mass is 10.0. The van der Waals surface area contributed by atoms with Crippen LogP contribution < -0.4 is 0 Å². The molecule has 0 spiro atoms. The molecule has 0 radical (unpaired) electrons. The highest BCUT2D eigenvalue weighted by Gasteiger charge is 2.24. The van der Waals surface area contributed by atoms with Gasteiger partial charge in [0.05, 0.1) is 27.8 Å². The molecule has 0 bridgehead atoms. The molecule has 0 aliphatic carbocycles. The first-order valence-electron chi connectivity index (χ1n) is 24.0. The first kappa shape index (κ1) is 39.4. The van der Waals surface area contributed by atoms with Gasteiger partial charge in [-0.15, -0.1) is 0 Å². The fourth-order valence-electron chi connectivity index (χ4n) is 11.0. The molecule has 0 amide bonds. The van der Waals surface area contributed by atoms with Crippen LogP contribution in [0, 0.1) is 0 Å². The molecule has 0 atom stereocenters. The standard InChI is InChI=1S/C65H39N5O/c1-3-15-40(16-4-1)41-27-29-43(30-28-41)63-66-64(46-31-33-50-49-23-11-13-25-55(49)69(57(50)37-46)47-20-5-2-6-21-47)68-65(67-63)54-38-52-51-24-12-14-26-60(51)71-61(52)39-59(54)70-56-34-32-42-17-9-10-22-48(42)62(56)53-35-44-18-7-8-19-45(44)36-58(53)70/h1-39H. The zero-order valence-corrected chi connectivity index (χ0v) is 38.2. The topological polar surface area (TPSA) is 61.7 Å². The summed E-state index contributed by atoms with van der Waals surface area (Å²) in [5.74, 6) is 1.71. The average molecular weight is 906 g/mol. The Morgan fingerprint density at radius 3 is 1.70 bits per heavy atom. The smallest absolute Gasteiger partial charge is 0.166 e. The molecule has 0 saturated heterocycles. The third-order valence-corrected chi connectivity index (χ3v) is 14.3. The summed E-state index contributed by atoms with van der Waals surface area (Å²) in [6.07, 6.45) is 0. The molecule has 0 aliphatic rings. The van der Waals surface area contributed by atoms with Crippen LogP contribution in [0.3, 0.4) is 0 Å². The van der Waals surface area contributed by atoms with Gasteiger partial charge in [0.15, 0.2) is 17.5 Å². The lowest BCUT2D eigenvalue weighted by Gasteiger charge is -2.16. The Kier molecular flexibility index (Phi) is 8.56. The molecule has 0 saturated carbocycles. The van der Waals surface area contributed by atoms with Crippen molar-refractivity contribution in [2.24, 2.45) is 0 Å². The van der Waals surface area contributed by atoms with Crippen molar-refractivity contribution >= 4 is 87.1 Å². The van der Waals surface area contributed by atoms with E-state index in [0.29, 0.717) is 17.5 Å². The van der Waals surface area contributed by atoms with Crippen LogP contribution in [-0.2, 0) is 0 Å². The summed E-state index contributed by atoms with van der Waals surface area (Å²) in [7, 11) is 0. The molecule has 0 fully saturated rings. The van der Waals surface area contributed by atoms with E-state index in [9.17, 15) is 0 Å². The average Bonchev–Trinajstić information content (AvgIpc) is 4.09. The van der Waals surface area contributed by atoms with Gasteiger partial charge in [0.1, 0.15) is 11.2 Å². The van der Waals surface area contributed by atoms with Gasteiger partial charge in [0.25, 0.3) is 0 Å². The van der Waals surface area contributed by atoms with Gasteiger partial charge in [-0.05, 0) is 87.3 Å². The summed E-state index contributed by atoms with van der Waals surface area (Å²) in [5, 5.41) is 11.5. The van der Waals surface area contributed by atoms with E-state index in [0.717, 1.165) is 94.0 Å². The van der Waals surface area contributed by atoms with E-state index in [1.165, 1.54) is 32.3 Å². The third kappa shape index (κ3) is 6.18. The largest absolute Gasteiger partial charge is 0.456 e. The fourth-order valence-corrected chi connectivity index (χ4v) is 11.0. The number of benzene rings is 11. The molecule has 15 aromatic rings. The lowest BCUT2D eigenvalue weighted by Crippen LogP contribution is -2.04. The summed E-state index contributed by atoms with van der Waals surface area (Å²) in [4.78, 5) is 16.4. The Morgan fingerprint density at radius 2 is 0.887 bits per heavy atom. The van der Waals surface area contributed by atoms with Gasteiger partial charge in [-0.25, -0.2) is 15.0 Å². The van der Waals surface area contributed by atoms with Gasteiger partial charge in [-0.2, -0.15) is 0 Å². The maximum atomic E-state index is 6.73. The summed E-state index contributed by atoms with van der Waals surface area (Å²) in [5.41, 5.74) is 12.9. The highest BCUT2D eigenvalue weighted by Crippen LogP contribution is 2.44. The van der Waals surface area contributed by atoms with Crippen LogP contribution >= 0.6 is 0 Å². The van der Waals surface area contributed by atoms with Gasteiger partial charge < -0.3 is 13.6 Å². The van der Waals surface area contributed by atoms with E-state index in [4.69, 9.17) is 19.4 Å². The Bertz CT molecular complexity index is 4620. The molecule has 0 aliphatic heterocycles. The number of furan rings is 1. The molecule has 4 heterocycles. The van der Waals surface area contributed by atoms with Crippen LogP contribution in [0.1, 0.15) is 0 Å². The quantitative estimate of drug-likeness (QED) is 0.167. The fraction of sp³-hybridized carbons (Fsp3) is 0. The summed E-state index contributed by atoms with van der Waals surface area (Å²) >= 11 is 0. The first-order valence-corrected chi connectivity index (χ1v) is 24.0. The SMILES string of the molecule is c1ccc(-c2ccc(-c3nc(-c4ccc5c6ccccc6n(-c6ccccc6)c5c4)nc(-c4cc5c(cc4-n4c6cc7ccccc7cc6c6c7ccccc7ccc64)oc4ccccc45)n3)cc2)cc1. The number of hydrogen-bond donors (Lipinski definition) is 0. The monoisotopic (exact) mass is 905 g/mol. The van der Waals surface area contributed by atoms with Gasteiger partial charge in [-0.3, -0.25) is 0 Å². The zero-order chi connectivity index (χ0) is 46.6. The lowest BCUT2D eigenvalue weighted by molar-refractivity contribution is 0.668. The maximum absolute atomic E-state index is 6.73. The van der Waals surface area contributed by atoms with Crippen LogP contribution in [0.2, 0.25) is 0 Å². The predicted octanol–water partition coefficient (Wildman–Crippen LogP) is 16.9. The summed E-state index contributed by atoms with van der Waals surface area (Å²) in [6.45, 7) is 0. The number of nitrogens with zero attached hydrogens (tertiary/aromatic N) is 5. The Morgan fingerprint density at radius 1 is 0.296 bits per heavy atom. The van der Waals surface area contributed by atoms with Crippen molar-refractivity contribution in [3.8, 4) is 56.7 Å². The molecule has 6 nitrogen and oxygen atoms in total. The van der Waals surface area contributed by atoms with Gasteiger partial charge in [0, 0.05) is 60.8 Å². The molecule has 71 heavy (non-hydrogen) atoms. The van der Waals surface area contributed by atoms with Crippen LogP contribution in [0.15, 0.2) is 241 Å². The zero-order valence-electron chi connectivity index (χ0n) is 38.2. The number of aromatic nitrogens is 5. The molecule has 0 unspecified atom stereocenters. The van der Waals surface area contributed by atoms with E-state index in [-0.39, 0.29) is 0 Å². The molecule has 15 rings (SSSR count). The van der Waals surface area contributed by atoms with E-state index < -0.39 is 0 Å². The minimum absolute atomic E-state index is 0.555. The summed E-state index contributed by atoms with van der Waals surface area (Å²) < 4.78 is 11.5. The molecular formula is C65H39N5O. The number of rotatable bonds is 6. The second-order valence-corrected chi connectivity index (χ2v) is 18.4. The third-order valence-electron chi connectivity index (χ3n) is 14.3. The summed E-state index contributed by atoms with van der Waals surface area (Å²) in [6, 6.07) is 83.9. The molecule has 0 N–H and O–H groups in total. The number of hydrogen-bond acceptors (Lipinski definition) is 4.